The molecule has 1 saturated heterocycles. The van der Waals surface area contributed by atoms with Gasteiger partial charge >= 0.3 is 18.0 Å². The van der Waals surface area contributed by atoms with E-state index in [9.17, 15) is 14.4 Å². The molecule has 0 aliphatic carbocycles. The van der Waals surface area contributed by atoms with Crippen LogP contribution in [-0.2, 0) is 35.1 Å². The van der Waals surface area contributed by atoms with Crippen molar-refractivity contribution in [1.29, 1.82) is 0 Å². The summed E-state index contributed by atoms with van der Waals surface area (Å²) in [6, 6.07) is 9.44. The summed E-state index contributed by atoms with van der Waals surface area (Å²) in [6.45, 7) is 8.12. The third kappa shape index (κ3) is 8.18. The average molecular weight is 437 g/mol. The van der Waals surface area contributed by atoms with Gasteiger partial charge in [0.25, 0.3) is 0 Å². The number of hydrogen-bond donors (Lipinski definition) is 2. The molecule has 31 heavy (non-hydrogen) atoms. The minimum atomic E-state index is -0.953. The molecule has 2 rings (SSSR count). The quantitative estimate of drug-likeness (QED) is 0.343. The van der Waals surface area contributed by atoms with E-state index >= 15 is 0 Å². The first-order valence-electron chi connectivity index (χ1n) is 10.4. The zero-order chi connectivity index (χ0) is 22.8. The Bertz CT molecular complexity index is 728. The molecule has 9 nitrogen and oxygen atoms in total. The van der Waals surface area contributed by atoms with Crippen molar-refractivity contribution < 1.29 is 33.3 Å². The first kappa shape index (κ1) is 24.6. The number of alkyl carbamates (subject to hydrolysis) is 1. The smallest absolute Gasteiger partial charge is 0.407 e. The van der Waals surface area contributed by atoms with Gasteiger partial charge in [0.15, 0.2) is 6.10 Å². The van der Waals surface area contributed by atoms with Crippen LogP contribution in [0.5, 0.6) is 0 Å². The van der Waals surface area contributed by atoms with Crippen molar-refractivity contribution in [1.82, 2.24) is 10.6 Å². The van der Waals surface area contributed by atoms with Gasteiger partial charge in [0.2, 0.25) is 6.29 Å². The second-order valence-electron chi connectivity index (χ2n) is 7.64. The molecule has 1 heterocycles. The lowest BCUT2D eigenvalue weighted by molar-refractivity contribution is -0.265. The van der Waals surface area contributed by atoms with Gasteiger partial charge in [-0.05, 0) is 11.5 Å². The summed E-state index contributed by atoms with van der Waals surface area (Å²) in [5.41, 5.74) is 0.919. The zero-order valence-electron chi connectivity index (χ0n) is 18.5. The summed E-state index contributed by atoms with van der Waals surface area (Å²) < 4.78 is 21.6. The summed E-state index contributed by atoms with van der Waals surface area (Å²) in [4.78, 5) is 34.6. The lowest BCUT2D eigenvalue weighted by Gasteiger charge is -2.43. The van der Waals surface area contributed by atoms with Crippen molar-refractivity contribution in [2.24, 2.45) is 11.8 Å². The summed E-state index contributed by atoms with van der Waals surface area (Å²) in [5.74, 6) is -0.979. The molecule has 0 spiro atoms. The van der Waals surface area contributed by atoms with Gasteiger partial charge in [-0.1, -0.05) is 44.2 Å². The molecule has 172 valence electrons. The molecule has 1 aromatic rings. The van der Waals surface area contributed by atoms with Crippen molar-refractivity contribution in [3.05, 3.63) is 35.9 Å². The highest BCUT2D eigenvalue weighted by molar-refractivity contribution is 5.67. The molecule has 0 saturated carbocycles. The van der Waals surface area contributed by atoms with Gasteiger partial charge in [0.1, 0.15) is 6.61 Å². The molecule has 5 atom stereocenters. The highest BCUT2D eigenvalue weighted by Gasteiger charge is 2.44. The fourth-order valence-electron chi connectivity index (χ4n) is 3.38. The first-order valence-corrected chi connectivity index (χ1v) is 10.4. The van der Waals surface area contributed by atoms with Gasteiger partial charge < -0.3 is 29.6 Å². The molecule has 1 amide bonds. The Morgan fingerprint density at radius 3 is 2.29 bits per heavy atom. The number of carbonyl (C=O) groups is 3. The highest BCUT2D eigenvalue weighted by Crippen LogP contribution is 2.33. The average Bonchev–Trinajstić information content (AvgIpc) is 2.72. The number of amides is 1. The largest absolute Gasteiger partial charge is 0.456 e. The maximum absolute atomic E-state index is 11.8. The number of nitrogens with one attached hydrogen (secondary N) is 2. The van der Waals surface area contributed by atoms with E-state index in [1.807, 2.05) is 44.2 Å². The zero-order valence-corrected chi connectivity index (χ0v) is 18.5. The monoisotopic (exact) mass is 436 g/mol. The van der Waals surface area contributed by atoms with Crippen molar-refractivity contribution in [3.63, 3.8) is 0 Å². The fourth-order valence-corrected chi connectivity index (χ4v) is 3.38. The van der Waals surface area contributed by atoms with Gasteiger partial charge in [-0.3, -0.25) is 9.59 Å². The SMILES string of the molecule is CC(=O)OC1[C@H](OC(C)=O)OC(CNCCNC(=O)OCc2ccccc2)[C@@H](C)[C@@H]1C. The van der Waals surface area contributed by atoms with E-state index in [-0.39, 0.29) is 24.5 Å². The summed E-state index contributed by atoms with van der Waals surface area (Å²) in [6.07, 6.45) is -2.35. The molecular formula is C22H32N2O7. The molecule has 1 aliphatic heterocycles. The van der Waals surface area contributed by atoms with E-state index in [0.717, 1.165) is 5.56 Å². The minimum Gasteiger partial charge on any atom is -0.456 e. The Kier molecular flexibility index (Phi) is 9.74. The molecule has 2 N–H and O–H groups in total. The van der Waals surface area contributed by atoms with E-state index in [1.54, 1.807) is 0 Å². The highest BCUT2D eigenvalue weighted by atomic mass is 16.7. The van der Waals surface area contributed by atoms with Crippen LogP contribution >= 0.6 is 0 Å². The number of benzene rings is 1. The van der Waals surface area contributed by atoms with Gasteiger partial charge in [-0.15, -0.1) is 0 Å². The molecule has 1 fully saturated rings. The third-order valence-electron chi connectivity index (χ3n) is 5.22. The van der Waals surface area contributed by atoms with Crippen molar-refractivity contribution in [2.75, 3.05) is 19.6 Å². The normalized spacial score (nSPS) is 25.4. The van der Waals surface area contributed by atoms with Crippen molar-refractivity contribution in [2.45, 2.75) is 52.8 Å². The second kappa shape index (κ2) is 12.3. The minimum absolute atomic E-state index is 0.0486. The molecule has 0 bridgehead atoms. The number of esters is 2. The van der Waals surface area contributed by atoms with Gasteiger partial charge in [-0.25, -0.2) is 4.79 Å². The molecule has 1 aliphatic rings. The van der Waals surface area contributed by atoms with E-state index in [0.29, 0.717) is 19.6 Å². The van der Waals surface area contributed by atoms with Crippen LogP contribution in [0.3, 0.4) is 0 Å². The summed E-state index contributed by atoms with van der Waals surface area (Å²) in [5, 5.41) is 5.90. The Morgan fingerprint density at radius 2 is 1.65 bits per heavy atom. The standard InChI is InChI=1S/C22H32N2O7/c1-14-15(2)20(29-16(3)25)21(30-17(4)26)31-19(14)12-23-10-11-24-22(27)28-13-18-8-6-5-7-9-18/h5-9,14-15,19-21,23H,10-13H2,1-4H3,(H,24,27)/t14-,15-,19?,20?,21+/m0/s1. The molecule has 0 aromatic heterocycles. The van der Waals surface area contributed by atoms with E-state index in [1.165, 1.54) is 13.8 Å². The van der Waals surface area contributed by atoms with Gasteiger partial charge in [0, 0.05) is 39.4 Å². The fraction of sp³-hybridized carbons (Fsp3) is 0.591. The van der Waals surface area contributed by atoms with Crippen LogP contribution in [0.15, 0.2) is 30.3 Å². The summed E-state index contributed by atoms with van der Waals surface area (Å²) in [7, 11) is 0. The summed E-state index contributed by atoms with van der Waals surface area (Å²) >= 11 is 0. The lowest BCUT2D eigenvalue weighted by atomic mass is 9.83. The molecule has 9 heteroatoms. The Hall–Kier alpha value is -2.65. The van der Waals surface area contributed by atoms with Crippen LogP contribution < -0.4 is 10.6 Å². The Labute approximate surface area is 182 Å². The number of hydrogen-bond acceptors (Lipinski definition) is 8. The van der Waals surface area contributed by atoms with Crippen LogP contribution in [0.4, 0.5) is 4.79 Å². The number of rotatable bonds is 9. The van der Waals surface area contributed by atoms with E-state index < -0.39 is 30.4 Å². The van der Waals surface area contributed by atoms with E-state index in [2.05, 4.69) is 10.6 Å². The van der Waals surface area contributed by atoms with Gasteiger partial charge in [0.05, 0.1) is 6.10 Å². The maximum atomic E-state index is 11.8. The van der Waals surface area contributed by atoms with Crippen LogP contribution in [0.25, 0.3) is 0 Å². The van der Waals surface area contributed by atoms with Crippen LogP contribution in [-0.4, -0.2) is 56.2 Å². The van der Waals surface area contributed by atoms with Crippen LogP contribution in [0.2, 0.25) is 0 Å². The molecule has 1 aromatic carbocycles. The molecule has 0 radical (unpaired) electrons. The van der Waals surface area contributed by atoms with Crippen molar-refractivity contribution >= 4 is 18.0 Å². The van der Waals surface area contributed by atoms with Gasteiger partial charge in [-0.2, -0.15) is 0 Å². The van der Waals surface area contributed by atoms with Crippen molar-refractivity contribution in [3.8, 4) is 0 Å². The number of carbonyl (C=O) groups excluding carboxylic acids is 3. The Morgan fingerprint density at radius 1 is 0.968 bits per heavy atom. The lowest BCUT2D eigenvalue weighted by Crippen LogP contribution is -2.55. The van der Waals surface area contributed by atoms with Crippen LogP contribution in [0, 0.1) is 11.8 Å². The number of ether oxygens (including phenoxy) is 4. The van der Waals surface area contributed by atoms with Crippen LogP contribution in [0.1, 0.15) is 33.3 Å². The topological polar surface area (TPSA) is 112 Å². The molecule has 2 unspecified atom stereocenters. The molecular weight excluding hydrogens is 404 g/mol. The third-order valence-corrected chi connectivity index (χ3v) is 5.22. The Balaban J connectivity index is 1.73. The second-order valence-corrected chi connectivity index (χ2v) is 7.64. The maximum Gasteiger partial charge on any atom is 0.407 e. The van der Waals surface area contributed by atoms with E-state index in [4.69, 9.17) is 18.9 Å². The predicted octanol–water partition coefficient (Wildman–Crippen LogP) is 1.99. The first-order chi connectivity index (χ1) is 14.8. The predicted molar refractivity (Wildman–Crippen MR) is 112 cm³/mol.